The van der Waals surface area contributed by atoms with Crippen molar-refractivity contribution in [2.45, 2.75) is 50.2 Å². The SMILES string of the molecule is O=C(c1cc(C2CC2)no1)N1CCOC[C@@H]1[C@@H]1CCC[C@H]1O. The van der Waals surface area contributed by atoms with Crippen molar-refractivity contribution in [3.8, 4) is 0 Å². The maximum atomic E-state index is 12.8. The maximum Gasteiger partial charge on any atom is 0.292 e. The van der Waals surface area contributed by atoms with E-state index in [9.17, 15) is 9.90 Å². The second kappa shape index (κ2) is 5.66. The molecule has 3 atom stereocenters. The molecule has 120 valence electrons. The zero-order valence-electron chi connectivity index (χ0n) is 12.6. The summed E-state index contributed by atoms with van der Waals surface area (Å²) in [5.41, 5.74) is 0.897. The number of hydrogen-bond donors (Lipinski definition) is 1. The number of amides is 1. The highest BCUT2D eigenvalue weighted by Gasteiger charge is 2.40. The number of nitrogens with zero attached hydrogens (tertiary/aromatic N) is 2. The highest BCUT2D eigenvalue weighted by atomic mass is 16.5. The molecule has 1 aromatic heterocycles. The van der Waals surface area contributed by atoms with Gasteiger partial charge in [0.25, 0.3) is 5.91 Å². The fraction of sp³-hybridized carbons (Fsp3) is 0.750. The highest BCUT2D eigenvalue weighted by Crippen LogP contribution is 2.39. The number of ether oxygens (including phenoxy) is 1. The third-order valence-electron chi connectivity index (χ3n) is 5.19. The summed E-state index contributed by atoms with van der Waals surface area (Å²) < 4.78 is 10.8. The molecule has 3 fully saturated rings. The third-order valence-corrected chi connectivity index (χ3v) is 5.19. The van der Waals surface area contributed by atoms with Crippen molar-refractivity contribution in [2.75, 3.05) is 19.8 Å². The van der Waals surface area contributed by atoms with Crippen molar-refractivity contribution in [2.24, 2.45) is 5.92 Å². The second-order valence-electron chi connectivity index (χ2n) is 6.69. The van der Waals surface area contributed by atoms with E-state index in [1.54, 1.807) is 6.07 Å². The first-order valence-electron chi connectivity index (χ1n) is 8.27. The molecule has 1 aliphatic heterocycles. The minimum absolute atomic E-state index is 0.0618. The van der Waals surface area contributed by atoms with Gasteiger partial charge in [-0.1, -0.05) is 11.6 Å². The van der Waals surface area contributed by atoms with Gasteiger partial charge in [-0.3, -0.25) is 4.79 Å². The molecule has 0 radical (unpaired) electrons. The zero-order chi connectivity index (χ0) is 15.1. The average Bonchev–Trinajstić information content (AvgIpc) is 3.11. The summed E-state index contributed by atoms with van der Waals surface area (Å²) in [4.78, 5) is 14.6. The van der Waals surface area contributed by atoms with Crippen LogP contribution in [0.25, 0.3) is 0 Å². The second-order valence-corrected chi connectivity index (χ2v) is 6.69. The van der Waals surface area contributed by atoms with Gasteiger partial charge < -0.3 is 19.3 Å². The van der Waals surface area contributed by atoms with E-state index in [1.807, 2.05) is 4.90 Å². The van der Waals surface area contributed by atoms with Crippen LogP contribution >= 0.6 is 0 Å². The minimum Gasteiger partial charge on any atom is -0.393 e. The van der Waals surface area contributed by atoms with Crippen LogP contribution in [0.4, 0.5) is 0 Å². The fourth-order valence-electron chi connectivity index (χ4n) is 3.75. The van der Waals surface area contributed by atoms with E-state index in [1.165, 1.54) is 0 Å². The van der Waals surface area contributed by atoms with Crippen LogP contribution in [0.2, 0.25) is 0 Å². The molecular weight excluding hydrogens is 284 g/mol. The fourth-order valence-corrected chi connectivity index (χ4v) is 3.75. The van der Waals surface area contributed by atoms with E-state index >= 15 is 0 Å². The first kappa shape index (κ1) is 14.2. The van der Waals surface area contributed by atoms with Gasteiger partial charge in [0.1, 0.15) is 0 Å². The van der Waals surface area contributed by atoms with E-state index in [2.05, 4.69) is 5.16 Å². The normalized spacial score (nSPS) is 32.4. The summed E-state index contributed by atoms with van der Waals surface area (Å²) in [6, 6.07) is 1.73. The molecule has 2 aliphatic carbocycles. The quantitative estimate of drug-likeness (QED) is 0.917. The summed E-state index contributed by atoms with van der Waals surface area (Å²) in [7, 11) is 0. The Balaban J connectivity index is 1.53. The first-order valence-corrected chi connectivity index (χ1v) is 8.27. The molecule has 1 N–H and O–H groups in total. The minimum atomic E-state index is -0.334. The van der Waals surface area contributed by atoms with Gasteiger partial charge in [0.15, 0.2) is 0 Å². The molecule has 0 unspecified atom stereocenters. The Morgan fingerprint density at radius 3 is 2.91 bits per heavy atom. The maximum absolute atomic E-state index is 12.8. The number of carbonyl (C=O) groups is 1. The van der Waals surface area contributed by atoms with Gasteiger partial charge in [0.2, 0.25) is 5.76 Å². The number of rotatable bonds is 3. The monoisotopic (exact) mass is 306 g/mol. The van der Waals surface area contributed by atoms with E-state index in [4.69, 9.17) is 9.26 Å². The molecular formula is C16H22N2O4. The molecule has 3 aliphatic rings. The van der Waals surface area contributed by atoms with Crippen molar-refractivity contribution in [3.63, 3.8) is 0 Å². The standard InChI is InChI=1S/C16H22N2O4/c19-14-3-1-2-11(14)13-9-21-7-6-18(13)16(20)15-8-12(17-22-15)10-4-5-10/h8,10-11,13-14,19H,1-7,9H2/t11-,13+,14+/m0/s1. The predicted octanol–water partition coefficient (Wildman–Crippen LogP) is 1.55. The number of morpholine rings is 1. The van der Waals surface area contributed by atoms with Crippen LogP contribution < -0.4 is 0 Å². The molecule has 1 aromatic rings. The topological polar surface area (TPSA) is 75.8 Å². The molecule has 6 heteroatoms. The lowest BCUT2D eigenvalue weighted by molar-refractivity contribution is -0.0396. The van der Waals surface area contributed by atoms with Crippen molar-refractivity contribution in [1.29, 1.82) is 0 Å². The van der Waals surface area contributed by atoms with Crippen LogP contribution in [0.5, 0.6) is 0 Å². The van der Waals surface area contributed by atoms with Crippen LogP contribution in [-0.2, 0) is 4.74 Å². The lowest BCUT2D eigenvalue weighted by Crippen LogP contribution is -2.53. The van der Waals surface area contributed by atoms with Crippen LogP contribution in [0.1, 0.15) is 54.3 Å². The molecule has 0 bridgehead atoms. The number of aliphatic hydroxyl groups excluding tert-OH is 1. The molecule has 0 spiro atoms. The molecule has 0 aromatic carbocycles. The van der Waals surface area contributed by atoms with Gasteiger partial charge in [-0.25, -0.2) is 0 Å². The van der Waals surface area contributed by atoms with Crippen molar-refractivity contribution in [1.82, 2.24) is 10.1 Å². The number of hydrogen-bond acceptors (Lipinski definition) is 5. The molecule has 2 saturated carbocycles. The zero-order valence-corrected chi connectivity index (χ0v) is 12.6. The Hall–Kier alpha value is -1.40. The summed E-state index contributed by atoms with van der Waals surface area (Å²) in [5, 5.41) is 14.2. The first-order chi connectivity index (χ1) is 10.7. The van der Waals surface area contributed by atoms with Crippen LogP contribution in [0.15, 0.2) is 10.6 Å². The van der Waals surface area contributed by atoms with Crippen LogP contribution in [0, 0.1) is 5.92 Å². The summed E-state index contributed by atoms with van der Waals surface area (Å²) in [6.07, 6.45) is 4.71. The Bertz CT molecular complexity index is 554. The average molecular weight is 306 g/mol. The molecule has 22 heavy (non-hydrogen) atoms. The van der Waals surface area contributed by atoms with Crippen LogP contribution in [0.3, 0.4) is 0 Å². The Labute approximate surface area is 129 Å². The summed E-state index contributed by atoms with van der Waals surface area (Å²) in [6.45, 7) is 1.58. The highest BCUT2D eigenvalue weighted by molar-refractivity contribution is 5.91. The smallest absolute Gasteiger partial charge is 0.292 e. The lowest BCUT2D eigenvalue weighted by atomic mass is 9.94. The van der Waals surface area contributed by atoms with Gasteiger partial charge in [-0.15, -0.1) is 0 Å². The lowest BCUT2D eigenvalue weighted by Gasteiger charge is -2.39. The van der Waals surface area contributed by atoms with Gasteiger partial charge in [-0.2, -0.15) is 0 Å². The van der Waals surface area contributed by atoms with E-state index < -0.39 is 0 Å². The Kier molecular flexibility index (Phi) is 3.66. The van der Waals surface area contributed by atoms with Crippen molar-refractivity contribution >= 4 is 5.91 Å². The Morgan fingerprint density at radius 2 is 2.18 bits per heavy atom. The van der Waals surface area contributed by atoms with Crippen molar-refractivity contribution in [3.05, 3.63) is 17.5 Å². The van der Waals surface area contributed by atoms with Gasteiger partial charge in [0, 0.05) is 24.4 Å². The third kappa shape index (κ3) is 2.54. The molecule has 2 heterocycles. The van der Waals surface area contributed by atoms with Gasteiger partial charge in [-0.05, 0) is 25.7 Å². The van der Waals surface area contributed by atoms with E-state index in [-0.39, 0.29) is 24.0 Å². The van der Waals surface area contributed by atoms with Gasteiger partial charge in [0.05, 0.1) is 31.1 Å². The summed E-state index contributed by atoms with van der Waals surface area (Å²) in [5.74, 6) is 0.783. The van der Waals surface area contributed by atoms with Crippen LogP contribution in [-0.4, -0.2) is 53.0 Å². The molecule has 6 nitrogen and oxygen atoms in total. The number of carbonyl (C=O) groups excluding carboxylic acids is 1. The number of aromatic nitrogens is 1. The summed E-state index contributed by atoms with van der Waals surface area (Å²) >= 11 is 0. The van der Waals surface area contributed by atoms with E-state index in [0.717, 1.165) is 37.8 Å². The molecule has 4 rings (SSSR count). The Morgan fingerprint density at radius 1 is 1.32 bits per heavy atom. The molecule has 1 saturated heterocycles. The molecule has 1 amide bonds. The largest absolute Gasteiger partial charge is 0.393 e. The van der Waals surface area contributed by atoms with E-state index in [0.29, 0.717) is 31.4 Å². The van der Waals surface area contributed by atoms with Gasteiger partial charge >= 0.3 is 0 Å². The predicted molar refractivity (Wildman–Crippen MR) is 77.5 cm³/mol. The van der Waals surface area contributed by atoms with Crippen molar-refractivity contribution < 1.29 is 19.2 Å². The number of aliphatic hydroxyl groups is 1.